The molecular weight excluding hydrogens is 488 g/mol. The highest BCUT2D eigenvalue weighted by atomic mass is 16.5. The van der Waals surface area contributed by atoms with Crippen molar-refractivity contribution in [3.05, 3.63) is 89.2 Å². The molecule has 1 fully saturated rings. The monoisotopic (exact) mass is 522 g/mol. The van der Waals surface area contributed by atoms with E-state index in [1.807, 2.05) is 30.3 Å². The van der Waals surface area contributed by atoms with Crippen LogP contribution in [0, 0.1) is 11.3 Å². The molecule has 200 valence electrons. The average molecular weight is 523 g/mol. The molecule has 0 unspecified atom stereocenters. The van der Waals surface area contributed by atoms with E-state index in [1.54, 1.807) is 14.2 Å². The highest BCUT2D eigenvalue weighted by Crippen LogP contribution is 2.36. The maximum absolute atomic E-state index is 9.49. The number of piperidine rings is 1. The number of nitrogens with two attached hydrogens (primary N) is 1. The van der Waals surface area contributed by atoms with E-state index < -0.39 is 0 Å². The zero-order valence-corrected chi connectivity index (χ0v) is 22.5. The number of benzene rings is 3. The Labute approximate surface area is 229 Å². The van der Waals surface area contributed by atoms with Gasteiger partial charge in [-0.1, -0.05) is 48.5 Å². The number of fused-ring (bicyclic) bond motifs is 1. The molecule has 1 aliphatic heterocycles. The second-order valence-electron chi connectivity index (χ2n) is 10.0. The van der Waals surface area contributed by atoms with Crippen LogP contribution in [-0.4, -0.2) is 48.7 Å². The van der Waals surface area contributed by atoms with Crippen LogP contribution in [0.15, 0.2) is 66.7 Å². The fraction of sp³-hybridized carbons (Fsp3) is 0.323. The van der Waals surface area contributed by atoms with Gasteiger partial charge in [0.05, 0.1) is 37.9 Å². The van der Waals surface area contributed by atoms with E-state index >= 15 is 0 Å². The summed E-state index contributed by atoms with van der Waals surface area (Å²) >= 11 is 0. The van der Waals surface area contributed by atoms with Crippen molar-refractivity contribution < 1.29 is 9.47 Å². The lowest BCUT2D eigenvalue weighted by molar-refractivity contribution is 0.149. The molecule has 1 aromatic heterocycles. The molecule has 0 atom stereocenters. The number of ether oxygens (including phenoxy) is 2. The van der Waals surface area contributed by atoms with Crippen LogP contribution in [0.5, 0.6) is 11.5 Å². The van der Waals surface area contributed by atoms with Crippen molar-refractivity contribution in [2.45, 2.75) is 31.3 Å². The first-order chi connectivity index (χ1) is 19.0. The van der Waals surface area contributed by atoms with Crippen LogP contribution in [-0.2, 0) is 18.5 Å². The lowest BCUT2D eigenvalue weighted by atomic mass is 9.72. The van der Waals surface area contributed by atoms with Crippen molar-refractivity contribution in [3.63, 3.8) is 0 Å². The SMILES string of the molecule is COc1cc2nc(CNCC3(c4ccccc4)CCN(Cc4ccccc4C#N)CC3)nc(N)c2cc1OC. The molecule has 0 bridgehead atoms. The number of likely N-dealkylation sites (tertiary alicyclic amines) is 1. The number of nitrogen functional groups attached to an aromatic ring is 1. The Bertz CT molecular complexity index is 1480. The Morgan fingerprint density at radius 3 is 2.38 bits per heavy atom. The molecule has 8 nitrogen and oxygen atoms in total. The van der Waals surface area contributed by atoms with Crippen molar-refractivity contribution >= 4 is 16.7 Å². The zero-order valence-electron chi connectivity index (χ0n) is 22.5. The quantitative estimate of drug-likeness (QED) is 0.332. The van der Waals surface area contributed by atoms with Gasteiger partial charge >= 0.3 is 0 Å². The summed E-state index contributed by atoms with van der Waals surface area (Å²) in [5.41, 5.74) is 10.2. The molecule has 8 heteroatoms. The number of methoxy groups -OCH3 is 2. The number of nitrogens with one attached hydrogen (secondary N) is 1. The largest absolute Gasteiger partial charge is 0.493 e. The molecule has 0 radical (unpaired) electrons. The third-order valence-corrected chi connectivity index (χ3v) is 7.75. The Balaban J connectivity index is 1.30. The molecule has 0 aliphatic carbocycles. The van der Waals surface area contributed by atoms with Crippen molar-refractivity contribution in [1.82, 2.24) is 20.2 Å². The summed E-state index contributed by atoms with van der Waals surface area (Å²) in [4.78, 5) is 11.8. The van der Waals surface area contributed by atoms with Crippen LogP contribution in [0.4, 0.5) is 5.82 Å². The Morgan fingerprint density at radius 2 is 1.67 bits per heavy atom. The average Bonchev–Trinajstić information content (AvgIpc) is 2.98. The van der Waals surface area contributed by atoms with Gasteiger partial charge in [0.15, 0.2) is 11.5 Å². The number of nitrogens with zero attached hydrogens (tertiary/aromatic N) is 4. The standard InChI is InChI=1S/C31H34N6O2/c1-38-27-16-25-26(17-28(27)39-2)35-29(36-30(25)33)19-34-21-31(24-10-4-3-5-11-24)12-14-37(15-13-31)20-23-9-7-6-8-22(23)18-32/h3-11,16-17,34H,12-15,19-21H2,1-2H3,(H2,33,35,36). The highest BCUT2D eigenvalue weighted by Gasteiger charge is 2.36. The minimum atomic E-state index is -0.00845. The molecule has 39 heavy (non-hydrogen) atoms. The van der Waals surface area contributed by atoms with Crippen molar-refractivity contribution in [2.24, 2.45) is 0 Å². The summed E-state index contributed by atoms with van der Waals surface area (Å²) in [6, 6.07) is 24.6. The van der Waals surface area contributed by atoms with Crippen molar-refractivity contribution in [2.75, 3.05) is 39.6 Å². The summed E-state index contributed by atoms with van der Waals surface area (Å²) in [7, 11) is 3.20. The molecule has 4 aromatic rings. The Hall–Kier alpha value is -4.19. The number of nitriles is 1. The number of anilines is 1. The minimum Gasteiger partial charge on any atom is -0.493 e. The maximum atomic E-state index is 9.49. The third-order valence-electron chi connectivity index (χ3n) is 7.75. The number of rotatable bonds is 9. The predicted molar refractivity (Wildman–Crippen MR) is 153 cm³/mol. The molecular formula is C31H34N6O2. The summed E-state index contributed by atoms with van der Waals surface area (Å²) in [6.07, 6.45) is 2.02. The fourth-order valence-electron chi connectivity index (χ4n) is 5.53. The summed E-state index contributed by atoms with van der Waals surface area (Å²) in [5, 5.41) is 13.9. The van der Waals surface area contributed by atoms with E-state index in [-0.39, 0.29) is 5.41 Å². The topological polar surface area (TPSA) is 109 Å². The Morgan fingerprint density at radius 1 is 0.974 bits per heavy atom. The van der Waals surface area contributed by atoms with E-state index in [0.717, 1.165) is 61.1 Å². The second-order valence-corrected chi connectivity index (χ2v) is 10.0. The maximum Gasteiger partial charge on any atom is 0.162 e. The molecule has 1 saturated heterocycles. The summed E-state index contributed by atoms with van der Waals surface area (Å²) < 4.78 is 10.8. The lowest BCUT2D eigenvalue weighted by Gasteiger charge is -2.42. The van der Waals surface area contributed by atoms with Crippen molar-refractivity contribution in [1.29, 1.82) is 5.26 Å². The summed E-state index contributed by atoms with van der Waals surface area (Å²) in [5.74, 6) is 2.26. The first-order valence-corrected chi connectivity index (χ1v) is 13.2. The van der Waals surface area contributed by atoms with E-state index in [1.165, 1.54) is 5.56 Å². The third kappa shape index (κ3) is 5.65. The van der Waals surface area contributed by atoms with Crippen LogP contribution in [0.3, 0.4) is 0 Å². The van der Waals surface area contributed by atoms with Gasteiger partial charge in [-0.15, -0.1) is 0 Å². The first-order valence-electron chi connectivity index (χ1n) is 13.2. The number of hydrogen-bond donors (Lipinski definition) is 2. The van der Waals surface area contributed by atoms with Crippen LogP contribution < -0.4 is 20.5 Å². The van der Waals surface area contributed by atoms with Crippen LogP contribution >= 0.6 is 0 Å². The van der Waals surface area contributed by atoms with Gasteiger partial charge in [-0.05, 0) is 49.2 Å². The molecule has 5 rings (SSSR count). The van der Waals surface area contributed by atoms with Gasteiger partial charge in [0, 0.05) is 30.0 Å². The predicted octanol–water partition coefficient (Wildman–Crippen LogP) is 4.42. The number of hydrogen-bond acceptors (Lipinski definition) is 8. The zero-order chi connectivity index (χ0) is 27.2. The molecule has 3 aromatic carbocycles. The number of aromatic nitrogens is 2. The van der Waals surface area contributed by atoms with Gasteiger partial charge in [-0.3, -0.25) is 4.90 Å². The van der Waals surface area contributed by atoms with E-state index in [2.05, 4.69) is 57.7 Å². The van der Waals surface area contributed by atoms with Crippen LogP contribution in [0.2, 0.25) is 0 Å². The van der Waals surface area contributed by atoms with Gasteiger partial charge in [0.2, 0.25) is 0 Å². The Kier molecular flexibility index (Phi) is 7.92. The van der Waals surface area contributed by atoms with E-state index in [9.17, 15) is 5.26 Å². The molecule has 0 spiro atoms. The van der Waals surface area contributed by atoms with Gasteiger partial charge in [0.25, 0.3) is 0 Å². The molecule has 1 aliphatic rings. The van der Waals surface area contributed by atoms with Gasteiger partial charge < -0.3 is 20.5 Å². The minimum absolute atomic E-state index is 0.00845. The molecule has 0 amide bonds. The van der Waals surface area contributed by atoms with Gasteiger partial charge in [0.1, 0.15) is 11.6 Å². The van der Waals surface area contributed by atoms with Crippen LogP contribution in [0.1, 0.15) is 35.4 Å². The fourth-order valence-corrected chi connectivity index (χ4v) is 5.53. The van der Waals surface area contributed by atoms with Gasteiger partial charge in [-0.2, -0.15) is 5.26 Å². The molecule has 2 heterocycles. The van der Waals surface area contributed by atoms with Crippen molar-refractivity contribution in [3.8, 4) is 17.6 Å². The lowest BCUT2D eigenvalue weighted by Crippen LogP contribution is -2.47. The van der Waals surface area contributed by atoms with E-state index in [4.69, 9.17) is 20.2 Å². The first kappa shape index (κ1) is 26.4. The van der Waals surface area contributed by atoms with Gasteiger partial charge in [-0.25, -0.2) is 9.97 Å². The normalized spacial score (nSPS) is 15.1. The van der Waals surface area contributed by atoms with Crippen LogP contribution in [0.25, 0.3) is 10.9 Å². The molecule has 0 saturated carbocycles. The second kappa shape index (κ2) is 11.7. The van der Waals surface area contributed by atoms with E-state index in [0.29, 0.717) is 29.7 Å². The highest BCUT2D eigenvalue weighted by molar-refractivity contribution is 5.90. The summed E-state index contributed by atoms with van der Waals surface area (Å²) in [6.45, 7) is 4.00. The smallest absolute Gasteiger partial charge is 0.162 e. The molecule has 3 N–H and O–H groups in total.